The summed E-state index contributed by atoms with van der Waals surface area (Å²) in [6, 6.07) is 9.13. The number of methoxy groups -OCH3 is 1. The van der Waals surface area contributed by atoms with Crippen molar-refractivity contribution < 1.29 is 23.8 Å². The number of hydrogen-bond acceptors (Lipinski definition) is 6. The van der Waals surface area contributed by atoms with Crippen LogP contribution in [-0.4, -0.2) is 66.6 Å². The number of unbranched alkanes of at least 4 members (excludes halogenated alkanes) is 2. The average molecular weight is 526 g/mol. The Morgan fingerprint density at radius 2 is 2.08 bits per heavy atom. The Morgan fingerprint density at radius 3 is 2.87 bits per heavy atom. The molecular formula is C30H40FN3O4. The van der Waals surface area contributed by atoms with Crippen molar-refractivity contribution in [1.82, 2.24) is 9.88 Å². The smallest absolute Gasteiger partial charge is 0.325 e. The quantitative estimate of drug-likeness (QED) is 0.357. The maximum absolute atomic E-state index is 14.9. The lowest BCUT2D eigenvalue weighted by Gasteiger charge is -2.26. The van der Waals surface area contributed by atoms with E-state index in [0.29, 0.717) is 23.8 Å². The number of carboxylic acids is 1. The van der Waals surface area contributed by atoms with Crippen LogP contribution in [0.25, 0.3) is 0 Å². The molecule has 38 heavy (non-hydrogen) atoms. The molecule has 1 aliphatic carbocycles. The number of benzene rings is 1. The van der Waals surface area contributed by atoms with Gasteiger partial charge >= 0.3 is 5.97 Å². The minimum absolute atomic E-state index is 0.0374. The monoisotopic (exact) mass is 525 g/mol. The van der Waals surface area contributed by atoms with Crippen LogP contribution < -0.4 is 10.1 Å². The highest BCUT2D eigenvalue weighted by Crippen LogP contribution is 2.37. The second-order valence-electron chi connectivity index (χ2n) is 11.0. The number of aromatic nitrogens is 1. The molecular weight excluding hydrogens is 485 g/mol. The number of hydrogen-bond donors (Lipinski definition) is 2. The minimum atomic E-state index is -1.22. The Balaban J connectivity index is 1.10. The summed E-state index contributed by atoms with van der Waals surface area (Å²) < 4.78 is 26.4. The summed E-state index contributed by atoms with van der Waals surface area (Å²) in [6.45, 7) is 1.74. The molecule has 7 nitrogen and oxygen atoms in total. The number of fused-ring (bicyclic) bond motifs is 1. The molecule has 206 valence electrons. The molecule has 2 aliphatic heterocycles. The topological polar surface area (TPSA) is 83.9 Å². The number of nitrogens with one attached hydrogen (secondary N) is 1. The zero-order chi connectivity index (χ0) is 26.5. The molecule has 3 heterocycles. The van der Waals surface area contributed by atoms with Crippen molar-refractivity contribution in [3.8, 4) is 5.75 Å². The third-order valence-electron chi connectivity index (χ3n) is 8.00. The van der Waals surface area contributed by atoms with E-state index in [1.54, 1.807) is 12.0 Å². The van der Waals surface area contributed by atoms with Gasteiger partial charge in [0.15, 0.2) is 0 Å². The van der Waals surface area contributed by atoms with E-state index in [1.165, 1.54) is 18.4 Å². The molecule has 2 aromatic rings. The van der Waals surface area contributed by atoms with Gasteiger partial charge in [0, 0.05) is 37.5 Å². The highest BCUT2D eigenvalue weighted by atomic mass is 19.1. The standard InChI is InChI=1S/C30H40FN3O4/c1-37-26-13-10-21(16-20-8-9-20)17-24(26)28(30(35)36)34-18-25(31)27(19-34)38-15-4-2-3-7-23-12-11-22-6-5-14-32-29(22)33-23/h10-13,17,20,25,27-28H,2-9,14-16,18-19H2,1H3,(H,32,33)(H,35,36)/t25-,27+,28?/m1/s1. The summed E-state index contributed by atoms with van der Waals surface area (Å²) in [6.07, 6.45) is 7.54. The number of halogens is 1. The van der Waals surface area contributed by atoms with Gasteiger partial charge in [0.05, 0.1) is 7.11 Å². The second kappa shape index (κ2) is 12.4. The summed E-state index contributed by atoms with van der Waals surface area (Å²) in [5, 5.41) is 13.5. The largest absolute Gasteiger partial charge is 0.496 e. The zero-order valence-electron chi connectivity index (χ0n) is 22.3. The summed E-state index contributed by atoms with van der Waals surface area (Å²) in [4.78, 5) is 18.8. The predicted molar refractivity (Wildman–Crippen MR) is 145 cm³/mol. The van der Waals surface area contributed by atoms with Gasteiger partial charge < -0.3 is 19.9 Å². The summed E-state index contributed by atoms with van der Waals surface area (Å²) >= 11 is 0. The van der Waals surface area contributed by atoms with Crippen molar-refractivity contribution in [2.45, 2.75) is 76.1 Å². The molecule has 2 N–H and O–H groups in total. The van der Waals surface area contributed by atoms with Gasteiger partial charge in [0.2, 0.25) is 0 Å². The molecule has 8 heteroatoms. The van der Waals surface area contributed by atoms with Crippen LogP contribution >= 0.6 is 0 Å². The molecule has 1 saturated heterocycles. The van der Waals surface area contributed by atoms with Crippen molar-refractivity contribution in [2.75, 3.05) is 38.7 Å². The van der Waals surface area contributed by atoms with Crippen LogP contribution in [0.15, 0.2) is 30.3 Å². The van der Waals surface area contributed by atoms with Gasteiger partial charge in [-0.2, -0.15) is 0 Å². The molecule has 0 bridgehead atoms. The average Bonchev–Trinajstić information content (AvgIpc) is 3.66. The minimum Gasteiger partial charge on any atom is -0.496 e. The second-order valence-corrected chi connectivity index (χ2v) is 11.0. The van der Waals surface area contributed by atoms with Gasteiger partial charge in [0.25, 0.3) is 0 Å². The van der Waals surface area contributed by atoms with E-state index in [-0.39, 0.29) is 13.1 Å². The summed E-state index contributed by atoms with van der Waals surface area (Å²) in [5.41, 5.74) is 4.11. The van der Waals surface area contributed by atoms with Crippen molar-refractivity contribution in [3.05, 3.63) is 52.7 Å². The van der Waals surface area contributed by atoms with Gasteiger partial charge in [-0.05, 0) is 86.6 Å². The number of ether oxygens (including phenoxy) is 2. The van der Waals surface area contributed by atoms with Gasteiger partial charge in [-0.1, -0.05) is 18.6 Å². The number of likely N-dealkylation sites (tertiary alicyclic amines) is 1. The Labute approximate surface area is 224 Å². The first-order valence-electron chi connectivity index (χ1n) is 14.1. The fraction of sp³-hybridized carbons (Fsp3) is 0.600. The Bertz CT molecular complexity index is 1110. The molecule has 0 radical (unpaired) electrons. The third-order valence-corrected chi connectivity index (χ3v) is 8.00. The van der Waals surface area contributed by atoms with Gasteiger partial charge in [-0.3, -0.25) is 9.69 Å². The molecule has 1 aromatic carbocycles. The molecule has 1 unspecified atom stereocenters. The lowest BCUT2D eigenvalue weighted by molar-refractivity contribution is -0.143. The van der Waals surface area contributed by atoms with Gasteiger partial charge in [-0.25, -0.2) is 9.37 Å². The van der Waals surface area contributed by atoms with E-state index < -0.39 is 24.3 Å². The summed E-state index contributed by atoms with van der Waals surface area (Å²) in [5.74, 6) is 1.25. The van der Waals surface area contributed by atoms with Crippen molar-refractivity contribution >= 4 is 11.8 Å². The number of anilines is 1. The fourth-order valence-electron chi connectivity index (χ4n) is 5.72. The van der Waals surface area contributed by atoms with Crippen molar-refractivity contribution in [3.63, 3.8) is 0 Å². The molecule has 0 amide bonds. The Kier molecular flexibility index (Phi) is 8.79. The number of pyridine rings is 1. The maximum Gasteiger partial charge on any atom is 0.325 e. The number of nitrogens with zero attached hydrogens (tertiary/aromatic N) is 2. The number of alkyl halides is 1. The first kappa shape index (κ1) is 26.9. The fourth-order valence-corrected chi connectivity index (χ4v) is 5.72. The normalized spacial score (nSPS) is 22.1. The maximum atomic E-state index is 14.9. The lowest BCUT2D eigenvalue weighted by atomic mass is 9.99. The molecule has 3 atom stereocenters. The third kappa shape index (κ3) is 6.64. The van der Waals surface area contributed by atoms with Gasteiger partial charge in [-0.15, -0.1) is 0 Å². The van der Waals surface area contributed by atoms with Crippen molar-refractivity contribution in [2.24, 2.45) is 5.92 Å². The summed E-state index contributed by atoms with van der Waals surface area (Å²) in [7, 11) is 1.55. The van der Waals surface area contributed by atoms with E-state index in [2.05, 4.69) is 17.4 Å². The molecule has 1 saturated carbocycles. The first-order chi connectivity index (χ1) is 18.5. The van der Waals surface area contributed by atoms with Crippen LogP contribution in [0.1, 0.15) is 67.0 Å². The highest BCUT2D eigenvalue weighted by Gasteiger charge is 2.41. The van der Waals surface area contributed by atoms with E-state index in [1.807, 2.05) is 18.2 Å². The van der Waals surface area contributed by atoms with E-state index in [9.17, 15) is 14.3 Å². The van der Waals surface area contributed by atoms with Crippen LogP contribution in [0.4, 0.5) is 10.2 Å². The molecule has 0 spiro atoms. The zero-order valence-corrected chi connectivity index (χ0v) is 22.3. The number of rotatable bonds is 13. The molecule has 3 aliphatic rings. The van der Waals surface area contributed by atoms with Crippen LogP contribution in [0.2, 0.25) is 0 Å². The van der Waals surface area contributed by atoms with E-state index in [4.69, 9.17) is 14.5 Å². The number of aliphatic carboxylic acids is 1. The molecule has 2 fully saturated rings. The van der Waals surface area contributed by atoms with Crippen LogP contribution in [-0.2, 0) is 28.8 Å². The number of aryl methyl sites for hydroxylation is 2. The van der Waals surface area contributed by atoms with E-state index >= 15 is 0 Å². The highest BCUT2D eigenvalue weighted by molar-refractivity contribution is 5.77. The van der Waals surface area contributed by atoms with Crippen molar-refractivity contribution in [1.29, 1.82) is 0 Å². The molecule has 5 rings (SSSR count). The molecule has 1 aromatic heterocycles. The first-order valence-corrected chi connectivity index (χ1v) is 14.1. The number of carbonyl (C=O) groups is 1. The lowest BCUT2D eigenvalue weighted by Crippen LogP contribution is -2.34. The van der Waals surface area contributed by atoms with Gasteiger partial charge in [0.1, 0.15) is 29.9 Å². The van der Waals surface area contributed by atoms with E-state index in [0.717, 1.165) is 68.6 Å². The van der Waals surface area contributed by atoms with Crippen LogP contribution in [0.5, 0.6) is 5.75 Å². The van der Waals surface area contributed by atoms with Crippen LogP contribution in [0.3, 0.4) is 0 Å². The predicted octanol–water partition coefficient (Wildman–Crippen LogP) is 4.98. The Morgan fingerprint density at radius 1 is 1.21 bits per heavy atom. The van der Waals surface area contributed by atoms with Crippen LogP contribution in [0, 0.1) is 5.92 Å². The Hall–Kier alpha value is -2.71. The SMILES string of the molecule is COc1ccc(CC2CC2)cc1C(C(=O)O)N1C[C@@H](F)[C@@H](OCCCCCc2ccc3c(n2)NCCC3)C1. The number of carboxylic acid groups (broad SMARTS) is 1.